The number of carbonyl (C=O) groups is 2. The van der Waals surface area contributed by atoms with E-state index in [2.05, 4.69) is 0 Å². The fourth-order valence-corrected chi connectivity index (χ4v) is 3.01. The Morgan fingerprint density at radius 2 is 1.64 bits per heavy atom. The van der Waals surface area contributed by atoms with E-state index in [1.165, 1.54) is 41.5 Å². The Hall–Kier alpha value is -1.46. The van der Waals surface area contributed by atoms with Crippen molar-refractivity contribution in [3.8, 4) is 0 Å². The van der Waals surface area contributed by atoms with Crippen molar-refractivity contribution in [1.82, 2.24) is 4.31 Å². The monoisotopic (exact) mass is 385 g/mol. The van der Waals surface area contributed by atoms with Gasteiger partial charge in [-0.05, 0) is 41.5 Å². The fourth-order valence-electron chi connectivity index (χ4n) is 2.13. The molecule has 1 heterocycles. The van der Waals surface area contributed by atoms with Crippen molar-refractivity contribution in [3.05, 3.63) is 0 Å². The van der Waals surface area contributed by atoms with Crippen LogP contribution in [0.15, 0.2) is 0 Å². The van der Waals surface area contributed by atoms with Crippen LogP contribution < -0.4 is 0 Å². The minimum Gasteiger partial charge on any atom is -0.458 e. The van der Waals surface area contributed by atoms with Gasteiger partial charge in [0.05, 0.1) is 13.2 Å². The second-order valence-corrected chi connectivity index (χ2v) is 8.89. The highest BCUT2D eigenvalue weighted by Crippen LogP contribution is 2.35. The first-order chi connectivity index (χ1) is 11.0. The summed E-state index contributed by atoms with van der Waals surface area (Å²) in [5.74, 6) is -1.37. The summed E-state index contributed by atoms with van der Waals surface area (Å²) in [5.41, 5.74) is -4.99. The van der Waals surface area contributed by atoms with E-state index in [1.807, 2.05) is 0 Å². The summed E-state index contributed by atoms with van der Waals surface area (Å²) in [4.78, 5) is 24.9. The van der Waals surface area contributed by atoms with E-state index in [4.69, 9.17) is 14.2 Å². The van der Waals surface area contributed by atoms with E-state index in [1.54, 1.807) is 0 Å². The third-order valence-corrected chi connectivity index (χ3v) is 3.95. The van der Waals surface area contributed by atoms with Gasteiger partial charge in [0, 0.05) is 0 Å². The first-order valence-electron chi connectivity index (χ1n) is 7.47. The van der Waals surface area contributed by atoms with Crippen LogP contribution in [0.3, 0.4) is 0 Å². The van der Waals surface area contributed by atoms with Crippen LogP contribution in [-0.2, 0) is 29.3 Å². The number of esters is 1. The third-order valence-electron chi connectivity index (χ3n) is 3.01. The van der Waals surface area contributed by atoms with Gasteiger partial charge in [0.25, 0.3) is 0 Å². The number of rotatable bonds is 3. The van der Waals surface area contributed by atoms with Gasteiger partial charge in [-0.25, -0.2) is 14.0 Å². The van der Waals surface area contributed by atoms with Gasteiger partial charge in [0.2, 0.25) is 5.54 Å². The Morgan fingerprint density at radius 1 is 1.16 bits per heavy atom. The largest absolute Gasteiger partial charge is 0.458 e. The van der Waals surface area contributed by atoms with Gasteiger partial charge >= 0.3 is 22.4 Å². The minimum absolute atomic E-state index is 0.336. The van der Waals surface area contributed by atoms with Crippen molar-refractivity contribution in [2.45, 2.75) is 64.5 Å². The van der Waals surface area contributed by atoms with Gasteiger partial charge in [0.15, 0.2) is 6.17 Å². The summed E-state index contributed by atoms with van der Waals surface area (Å²) < 4.78 is 62.2. The lowest BCUT2D eigenvalue weighted by atomic mass is 9.96. The molecule has 146 valence electrons. The highest BCUT2D eigenvalue weighted by atomic mass is 32.2. The number of alkyl halides is 1. The lowest BCUT2D eigenvalue weighted by Crippen LogP contribution is -2.66. The molecule has 0 aromatic heterocycles. The summed E-state index contributed by atoms with van der Waals surface area (Å²) in [7, 11) is -5.37. The molecular formula is C14H24FNO8S. The van der Waals surface area contributed by atoms with Crippen molar-refractivity contribution >= 4 is 22.4 Å². The average Bonchev–Trinajstić information content (AvgIpc) is 2.65. The van der Waals surface area contributed by atoms with E-state index in [9.17, 15) is 27.0 Å². The van der Waals surface area contributed by atoms with Gasteiger partial charge < -0.3 is 14.2 Å². The molecule has 1 rings (SSSR count). The van der Waals surface area contributed by atoms with Gasteiger partial charge in [-0.2, -0.15) is 12.7 Å². The predicted molar refractivity (Wildman–Crippen MR) is 83.9 cm³/mol. The van der Waals surface area contributed by atoms with Gasteiger partial charge in [-0.15, -0.1) is 0 Å². The molecule has 2 atom stereocenters. The van der Waals surface area contributed by atoms with Crippen LogP contribution in [0.5, 0.6) is 0 Å². The lowest BCUT2D eigenvalue weighted by molar-refractivity contribution is -0.169. The summed E-state index contributed by atoms with van der Waals surface area (Å²) in [6.07, 6.45) is -3.87. The van der Waals surface area contributed by atoms with E-state index >= 15 is 0 Å². The zero-order valence-corrected chi connectivity index (χ0v) is 15.8. The normalized spacial score (nSPS) is 24.7. The van der Waals surface area contributed by atoms with Gasteiger partial charge in [0.1, 0.15) is 11.2 Å². The quantitative estimate of drug-likeness (QED) is 0.573. The molecular weight excluding hydrogens is 361 g/mol. The predicted octanol–water partition coefficient (Wildman–Crippen LogP) is 1.48. The highest BCUT2D eigenvalue weighted by molar-refractivity contribution is 7.84. The molecule has 1 fully saturated rings. The van der Waals surface area contributed by atoms with E-state index in [-0.39, 0.29) is 4.31 Å². The Bertz CT molecular complexity index is 636. The van der Waals surface area contributed by atoms with E-state index in [0.29, 0.717) is 0 Å². The number of hydrogen-bond acceptors (Lipinski definition) is 7. The molecule has 0 saturated carbocycles. The molecule has 0 aromatic carbocycles. The van der Waals surface area contributed by atoms with E-state index in [0.717, 1.165) is 0 Å². The van der Waals surface area contributed by atoms with Crippen molar-refractivity contribution < 1.29 is 41.2 Å². The lowest BCUT2D eigenvalue weighted by Gasteiger charge is -2.38. The van der Waals surface area contributed by atoms with Crippen LogP contribution >= 0.6 is 0 Å². The van der Waals surface area contributed by atoms with Crippen LogP contribution in [0.2, 0.25) is 0 Å². The van der Waals surface area contributed by atoms with Crippen LogP contribution in [0.25, 0.3) is 0 Å². The first-order valence-corrected chi connectivity index (χ1v) is 8.86. The van der Waals surface area contributed by atoms with Crippen molar-refractivity contribution in [1.29, 1.82) is 0 Å². The molecule has 0 spiro atoms. The van der Waals surface area contributed by atoms with Gasteiger partial charge in [-0.3, -0.25) is 4.55 Å². The minimum atomic E-state index is -5.37. The number of ether oxygens (including phenoxy) is 3. The van der Waals surface area contributed by atoms with Gasteiger partial charge in [-0.1, -0.05) is 0 Å². The second-order valence-electron chi connectivity index (χ2n) is 7.63. The zero-order valence-electron chi connectivity index (χ0n) is 15.0. The first kappa shape index (κ1) is 21.6. The maximum atomic E-state index is 14.6. The molecule has 1 amide bonds. The SMILES string of the molecule is CC(C)(C)OC(=O)N(C1(C(=O)OC(C)(C)C)COC[C@H]1F)S(=O)(=O)O. The number of carbonyl (C=O) groups excluding carboxylic acids is 2. The molecule has 0 aromatic rings. The molecule has 0 aliphatic carbocycles. The Balaban J connectivity index is 3.47. The number of nitrogens with zero attached hydrogens (tertiary/aromatic N) is 1. The van der Waals surface area contributed by atoms with Crippen LogP contribution in [0, 0.1) is 0 Å². The van der Waals surface area contributed by atoms with Crippen LogP contribution in [0.1, 0.15) is 41.5 Å². The topological polar surface area (TPSA) is 119 Å². The number of halogens is 1. The molecule has 1 aliphatic heterocycles. The third kappa shape index (κ3) is 5.02. The van der Waals surface area contributed by atoms with Crippen molar-refractivity contribution in [3.63, 3.8) is 0 Å². The zero-order chi connectivity index (χ0) is 19.8. The molecule has 1 unspecified atom stereocenters. The van der Waals surface area contributed by atoms with Crippen LogP contribution in [-0.4, -0.2) is 65.5 Å². The summed E-state index contributed by atoms with van der Waals surface area (Å²) in [6.45, 7) is 7.27. The fraction of sp³-hybridized carbons (Fsp3) is 0.857. The molecule has 0 radical (unpaired) electrons. The number of amides is 1. The molecule has 0 bridgehead atoms. The Morgan fingerprint density at radius 3 is 1.96 bits per heavy atom. The highest BCUT2D eigenvalue weighted by Gasteiger charge is 2.64. The molecule has 25 heavy (non-hydrogen) atoms. The molecule has 1 aliphatic rings. The summed E-state index contributed by atoms with van der Waals surface area (Å²) >= 11 is 0. The standard InChI is InChI=1S/C14H24FNO8S/c1-12(2,3)23-10(17)14(8-22-7-9(14)15)16(25(19,20)21)11(18)24-13(4,5)6/h9H,7-8H2,1-6H3,(H,19,20,21)/t9-,14?/m1/s1. The molecule has 9 nitrogen and oxygen atoms in total. The molecule has 1 saturated heterocycles. The maximum absolute atomic E-state index is 14.6. The molecule has 1 N–H and O–H groups in total. The maximum Gasteiger partial charge on any atom is 0.427 e. The van der Waals surface area contributed by atoms with Crippen molar-refractivity contribution in [2.24, 2.45) is 0 Å². The number of hydrogen-bond donors (Lipinski definition) is 1. The summed E-state index contributed by atoms with van der Waals surface area (Å²) in [6, 6.07) is 0. The molecule has 11 heteroatoms. The van der Waals surface area contributed by atoms with E-state index < -0.39 is 58.5 Å². The second kappa shape index (κ2) is 6.69. The van der Waals surface area contributed by atoms with Crippen LogP contribution in [0.4, 0.5) is 9.18 Å². The van der Waals surface area contributed by atoms with Crippen molar-refractivity contribution in [2.75, 3.05) is 13.2 Å². The summed E-state index contributed by atoms with van der Waals surface area (Å²) in [5, 5.41) is 0. The average molecular weight is 385 g/mol. The smallest absolute Gasteiger partial charge is 0.427 e. The Labute approximate surface area is 146 Å². The Kier molecular flexibility index (Phi) is 5.77.